The van der Waals surface area contributed by atoms with Crippen LogP contribution in [0.4, 0.5) is 0 Å². The second-order valence-electron chi connectivity index (χ2n) is 4.39. The van der Waals surface area contributed by atoms with E-state index in [2.05, 4.69) is 0 Å². The third kappa shape index (κ3) is 2.27. The Morgan fingerprint density at radius 2 is 2.26 bits per heavy atom. The Labute approximate surface area is 114 Å². The van der Waals surface area contributed by atoms with Crippen molar-refractivity contribution in [3.63, 3.8) is 0 Å². The van der Waals surface area contributed by atoms with Gasteiger partial charge >= 0.3 is 6.41 Å². The molecule has 1 aliphatic rings. The topological polar surface area (TPSA) is 46.6 Å². The van der Waals surface area contributed by atoms with E-state index in [9.17, 15) is 9.59 Å². The summed E-state index contributed by atoms with van der Waals surface area (Å²) < 4.78 is 6.37. The van der Waals surface area contributed by atoms with Gasteiger partial charge in [0.25, 0.3) is 0 Å². The molecular weight excluding hydrogens is 262 g/mol. The van der Waals surface area contributed by atoms with Crippen molar-refractivity contribution in [3.8, 4) is 0 Å². The van der Waals surface area contributed by atoms with Crippen molar-refractivity contribution < 1.29 is 14.3 Å². The molecule has 0 saturated carbocycles. The highest BCUT2D eigenvalue weighted by Crippen LogP contribution is 2.27. The number of rotatable bonds is 3. The molecule has 1 saturated heterocycles. The molecule has 19 heavy (non-hydrogen) atoms. The van der Waals surface area contributed by atoms with Crippen LogP contribution in [0.25, 0.3) is 10.1 Å². The lowest BCUT2D eigenvalue weighted by Gasteiger charge is -2.30. The molecule has 2 aromatic rings. The second kappa shape index (κ2) is 5.11. The average Bonchev–Trinajstić information content (AvgIpc) is 2.90. The Morgan fingerprint density at radius 1 is 1.42 bits per heavy atom. The normalized spacial score (nSPS) is 19.6. The molecule has 4 nitrogen and oxygen atoms in total. The van der Waals surface area contributed by atoms with Gasteiger partial charge in [-0.1, -0.05) is 18.2 Å². The zero-order valence-corrected chi connectivity index (χ0v) is 11.0. The van der Waals surface area contributed by atoms with E-state index in [-0.39, 0.29) is 12.4 Å². The van der Waals surface area contributed by atoms with Gasteiger partial charge in [0.2, 0.25) is 0 Å². The summed E-state index contributed by atoms with van der Waals surface area (Å²) in [4.78, 5) is 25.4. The highest BCUT2D eigenvalue weighted by Gasteiger charge is 2.30. The lowest BCUT2D eigenvalue weighted by Crippen LogP contribution is -2.48. The zero-order chi connectivity index (χ0) is 13.2. The summed E-state index contributed by atoms with van der Waals surface area (Å²) in [5, 5.41) is 1.05. The molecule has 1 aromatic carbocycles. The maximum absolute atomic E-state index is 12.4. The van der Waals surface area contributed by atoms with Crippen molar-refractivity contribution in [3.05, 3.63) is 35.2 Å². The fourth-order valence-electron chi connectivity index (χ4n) is 2.20. The summed E-state index contributed by atoms with van der Waals surface area (Å²) in [6, 6.07) is 9.18. The minimum atomic E-state index is -0.542. The van der Waals surface area contributed by atoms with Crippen LogP contribution in [-0.4, -0.2) is 42.9 Å². The maximum Gasteiger partial charge on any atom is 0.312 e. The minimum Gasteiger partial charge on any atom is -0.377 e. The first kappa shape index (κ1) is 12.3. The van der Waals surface area contributed by atoms with Crippen LogP contribution in [0.5, 0.6) is 0 Å². The van der Waals surface area contributed by atoms with E-state index < -0.39 is 6.04 Å². The highest BCUT2D eigenvalue weighted by atomic mass is 32.1. The van der Waals surface area contributed by atoms with Crippen LogP contribution < -0.4 is 0 Å². The van der Waals surface area contributed by atoms with Crippen molar-refractivity contribution in [2.45, 2.75) is 6.04 Å². The van der Waals surface area contributed by atoms with Gasteiger partial charge in [-0.3, -0.25) is 9.59 Å². The molecule has 1 aliphatic heterocycles. The number of fused-ring (bicyclic) bond motifs is 1. The van der Waals surface area contributed by atoms with Crippen LogP contribution in [0.1, 0.15) is 9.67 Å². The van der Waals surface area contributed by atoms with Gasteiger partial charge in [-0.25, -0.2) is 0 Å². The van der Waals surface area contributed by atoms with E-state index in [0.717, 1.165) is 10.1 Å². The molecule has 97 valence electrons. The Morgan fingerprint density at radius 3 is 3.05 bits per heavy atom. The number of amides is 1. The summed E-state index contributed by atoms with van der Waals surface area (Å²) in [6.45, 7) is 1.14. The van der Waals surface area contributed by atoms with E-state index >= 15 is 0 Å². The summed E-state index contributed by atoms with van der Waals surface area (Å²) >= 11 is 1.45. The minimum absolute atomic E-state index is 0.0655. The Balaban J connectivity index is 1.91. The third-order valence-corrected chi connectivity index (χ3v) is 4.35. The number of Topliss-reactive ketones (excluding diaryl/α,β-unsaturated/α-hetero) is 1. The highest BCUT2D eigenvalue weighted by molar-refractivity contribution is 7.20. The fourth-order valence-corrected chi connectivity index (χ4v) is 3.25. The molecule has 3 rings (SSSR count). The first-order valence-electron chi connectivity index (χ1n) is 6.04. The summed E-state index contributed by atoms with van der Waals surface area (Å²) in [6.07, 6.45) is 1.83. The standard InChI is InChI=1S/C14H12NO3S/c16-9-15-5-6-18-8-11(15)14(17)13-7-10-3-1-2-4-12(10)19-13/h1-4,7,11H,5-6,8H2. The number of morpholine rings is 1. The number of hydrogen-bond donors (Lipinski definition) is 0. The van der Waals surface area contributed by atoms with E-state index in [4.69, 9.17) is 4.74 Å². The molecule has 0 bridgehead atoms. The predicted octanol–water partition coefficient (Wildman–Crippen LogP) is 1.85. The van der Waals surface area contributed by atoms with Crippen molar-refractivity contribution in [2.75, 3.05) is 19.8 Å². The van der Waals surface area contributed by atoms with Gasteiger partial charge in [0.15, 0.2) is 5.78 Å². The third-order valence-electron chi connectivity index (χ3n) is 3.22. The lowest BCUT2D eigenvalue weighted by atomic mass is 10.1. The molecule has 1 amide bonds. The van der Waals surface area contributed by atoms with Crippen molar-refractivity contribution in [1.82, 2.24) is 4.90 Å². The van der Waals surface area contributed by atoms with Gasteiger partial charge in [-0.05, 0) is 17.5 Å². The quantitative estimate of drug-likeness (QED) is 0.802. The largest absolute Gasteiger partial charge is 0.377 e. The molecule has 5 heteroatoms. The lowest BCUT2D eigenvalue weighted by molar-refractivity contribution is 0.0253. The van der Waals surface area contributed by atoms with Gasteiger partial charge < -0.3 is 9.64 Å². The number of carbonyl (C=O) groups is 1. The molecule has 0 aliphatic carbocycles. The second-order valence-corrected chi connectivity index (χ2v) is 5.47. The van der Waals surface area contributed by atoms with Gasteiger partial charge in [-0.2, -0.15) is 0 Å². The number of hydrogen-bond acceptors (Lipinski definition) is 4. The van der Waals surface area contributed by atoms with Crippen LogP contribution in [0.3, 0.4) is 0 Å². The molecule has 1 atom stereocenters. The fraction of sp³-hybridized carbons (Fsp3) is 0.286. The SMILES string of the molecule is O=[C]N1CCOCC1C(=O)c1cc2ccccc2s1. The van der Waals surface area contributed by atoms with Gasteiger partial charge in [0, 0.05) is 11.2 Å². The Kier molecular flexibility index (Phi) is 3.31. The van der Waals surface area contributed by atoms with Crippen LogP contribution in [0.15, 0.2) is 30.3 Å². The number of ether oxygens (including phenoxy) is 1. The smallest absolute Gasteiger partial charge is 0.312 e. The Bertz CT molecular complexity index is 589. The number of carbonyl (C=O) groups excluding carboxylic acids is 2. The van der Waals surface area contributed by atoms with Gasteiger partial charge in [-0.15, -0.1) is 11.3 Å². The van der Waals surface area contributed by atoms with Crippen molar-refractivity contribution in [2.24, 2.45) is 0 Å². The van der Waals surface area contributed by atoms with Crippen LogP contribution in [0.2, 0.25) is 0 Å². The number of thiophene rings is 1. The van der Waals surface area contributed by atoms with Crippen LogP contribution in [0, 0.1) is 0 Å². The van der Waals surface area contributed by atoms with E-state index in [1.807, 2.05) is 36.7 Å². The molecule has 0 spiro atoms. The predicted molar refractivity (Wildman–Crippen MR) is 73.2 cm³/mol. The molecule has 1 aromatic heterocycles. The van der Waals surface area contributed by atoms with Gasteiger partial charge in [0.05, 0.1) is 18.1 Å². The molecule has 1 fully saturated rings. The van der Waals surface area contributed by atoms with Crippen molar-refractivity contribution >= 4 is 33.6 Å². The molecule has 2 heterocycles. The number of ketones is 1. The first-order valence-corrected chi connectivity index (χ1v) is 6.86. The average molecular weight is 274 g/mol. The summed E-state index contributed by atoms with van der Waals surface area (Å²) in [7, 11) is 0. The monoisotopic (exact) mass is 274 g/mol. The molecule has 1 unspecified atom stereocenters. The van der Waals surface area contributed by atoms with E-state index in [1.54, 1.807) is 0 Å². The van der Waals surface area contributed by atoms with Crippen LogP contribution >= 0.6 is 11.3 Å². The summed E-state index contributed by atoms with van der Waals surface area (Å²) in [5.74, 6) is -0.0655. The number of benzene rings is 1. The van der Waals surface area contributed by atoms with Crippen molar-refractivity contribution in [1.29, 1.82) is 0 Å². The molecular formula is C14H12NO3S. The maximum atomic E-state index is 12.4. The molecule has 1 radical (unpaired) electrons. The van der Waals surface area contributed by atoms with Crippen LogP contribution in [-0.2, 0) is 9.53 Å². The van der Waals surface area contributed by atoms with Gasteiger partial charge in [0.1, 0.15) is 6.04 Å². The zero-order valence-electron chi connectivity index (χ0n) is 10.2. The first-order chi connectivity index (χ1) is 9.29. The van der Waals surface area contributed by atoms with E-state index in [1.165, 1.54) is 16.2 Å². The summed E-state index contributed by atoms with van der Waals surface area (Å²) in [5.41, 5.74) is 0. The Hall–Kier alpha value is -1.72. The number of nitrogens with zero attached hydrogens (tertiary/aromatic N) is 1. The molecule has 0 N–H and O–H groups in total. The van der Waals surface area contributed by atoms with E-state index in [0.29, 0.717) is 18.0 Å².